The molecular formula is C22H16N4O4. The van der Waals surface area contributed by atoms with Crippen LogP contribution in [0.25, 0.3) is 0 Å². The second-order valence-corrected chi connectivity index (χ2v) is 6.16. The van der Waals surface area contributed by atoms with Crippen LogP contribution in [-0.2, 0) is 6.42 Å². The molecule has 0 saturated heterocycles. The van der Waals surface area contributed by atoms with Crippen molar-refractivity contribution < 1.29 is 9.85 Å². The highest BCUT2D eigenvalue weighted by Gasteiger charge is 2.19. The molecule has 0 aliphatic rings. The van der Waals surface area contributed by atoms with Crippen molar-refractivity contribution in [2.24, 2.45) is 5.10 Å². The molecule has 0 amide bonds. The number of nitro groups is 2. The van der Waals surface area contributed by atoms with Gasteiger partial charge in [-0.15, -0.1) is 0 Å². The fourth-order valence-electron chi connectivity index (χ4n) is 2.57. The lowest BCUT2D eigenvalue weighted by Gasteiger charge is -2.04. The summed E-state index contributed by atoms with van der Waals surface area (Å²) in [6.07, 6.45) is 0.411. The van der Waals surface area contributed by atoms with Crippen LogP contribution in [0.5, 0.6) is 0 Å². The van der Waals surface area contributed by atoms with Gasteiger partial charge >= 0.3 is 5.69 Å². The fraction of sp³-hybridized carbons (Fsp3) is 0.0455. The van der Waals surface area contributed by atoms with Crippen LogP contribution in [0.15, 0.2) is 84.0 Å². The summed E-state index contributed by atoms with van der Waals surface area (Å²) >= 11 is 0. The van der Waals surface area contributed by atoms with Crippen molar-refractivity contribution in [2.45, 2.75) is 6.42 Å². The van der Waals surface area contributed by atoms with Gasteiger partial charge in [-0.2, -0.15) is 5.10 Å². The molecule has 3 aromatic carbocycles. The third kappa shape index (κ3) is 5.50. The van der Waals surface area contributed by atoms with Gasteiger partial charge in [0.15, 0.2) is 0 Å². The highest BCUT2D eigenvalue weighted by atomic mass is 16.6. The van der Waals surface area contributed by atoms with Gasteiger partial charge in [-0.25, -0.2) is 0 Å². The zero-order valence-corrected chi connectivity index (χ0v) is 15.7. The molecule has 148 valence electrons. The molecule has 0 aliphatic carbocycles. The highest BCUT2D eigenvalue weighted by molar-refractivity contribution is 6.02. The third-order valence-electron chi connectivity index (χ3n) is 4.04. The Morgan fingerprint density at radius 1 is 0.900 bits per heavy atom. The monoisotopic (exact) mass is 400 g/mol. The Morgan fingerprint density at radius 3 is 2.20 bits per heavy atom. The minimum absolute atomic E-state index is 0.0395. The molecule has 0 aromatic heterocycles. The van der Waals surface area contributed by atoms with Crippen LogP contribution < -0.4 is 5.43 Å². The molecule has 0 radical (unpaired) electrons. The van der Waals surface area contributed by atoms with E-state index >= 15 is 0 Å². The predicted octanol–water partition coefficient (Wildman–Crippen LogP) is 4.57. The van der Waals surface area contributed by atoms with Crippen LogP contribution in [0.3, 0.4) is 0 Å². The van der Waals surface area contributed by atoms with Crippen molar-refractivity contribution in [3.63, 3.8) is 0 Å². The molecular weight excluding hydrogens is 384 g/mol. The summed E-state index contributed by atoms with van der Waals surface area (Å²) in [7, 11) is 0. The molecule has 1 N–H and O–H groups in total. The summed E-state index contributed by atoms with van der Waals surface area (Å²) in [5.41, 5.74) is 4.10. The summed E-state index contributed by atoms with van der Waals surface area (Å²) in [6, 6.07) is 22.2. The van der Waals surface area contributed by atoms with E-state index in [-0.39, 0.29) is 11.4 Å². The molecule has 0 saturated carbocycles. The van der Waals surface area contributed by atoms with Gasteiger partial charge in [0, 0.05) is 18.1 Å². The van der Waals surface area contributed by atoms with Crippen molar-refractivity contribution in [3.8, 4) is 11.8 Å². The van der Waals surface area contributed by atoms with E-state index in [1.807, 2.05) is 60.7 Å². The van der Waals surface area contributed by atoms with Gasteiger partial charge in [0.2, 0.25) is 0 Å². The van der Waals surface area contributed by atoms with Crippen molar-refractivity contribution in [1.29, 1.82) is 0 Å². The highest BCUT2D eigenvalue weighted by Crippen LogP contribution is 2.28. The van der Waals surface area contributed by atoms with Crippen molar-refractivity contribution in [1.82, 2.24) is 0 Å². The number of nitrogens with zero attached hydrogens (tertiary/aromatic N) is 3. The maximum Gasteiger partial charge on any atom is 0.301 e. The summed E-state index contributed by atoms with van der Waals surface area (Å²) < 4.78 is 0. The van der Waals surface area contributed by atoms with Gasteiger partial charge in [-0.05, 0) is 29.7 Å². The minimum Gasteiger partial charge on any atom is -0.271 e. The van der Waals surface area contributed by atoms with E-state index in [1.165, 1.54) is 12.1 Å². The number of anilines is 1. The lowest BCUT2D eigenvalue weighted by atomic mass is 10.1. The van der Waals surface area contributed by atoms with Crippen molar-refractivity contribution in [3.05, 3.63) is 110 Å². The van der Waals surface area contributed by atoms with E-state index in [4.69, 9.17) is 0 Å². The van der Waals surface area contributed by atoms with E-state index in [2.05, 4.69) is 22.4 Å². The van der Waals surface area contributed by atoms with Crippen LogP contribution in [0.1, 0.15) is 11.1 Å². The van der Waals surface area contributed by atoms with Crippen LogP contribution in [0.2, 0.25) is 0 Å². The smallest absolute Gasteiger partial charge is 0.271 e. The molecule has 0 heterocycles. The van der Waals surface area contributed by atoms with Crippen LogP contribution in [0, 0.1) is 32.1 Å². The number of hydrogen-bond acceptors (Lipinski definition) is 6. The molecule has 3 aromatic rings. The number of non-ortho nitro benzene ring substituents is 1. The average molecular weight is 400 g/mol. The zero-order chi connectivity index (χ0) is 21.3. The Hall–Kier alpha value is -4.51. The Balaban J connectivity index is 1.92. The van der Waals surface area contributed by atoms with Gasteiger partial charge in [-0.3, -0.25) is 25.7 Å². The molecule has 0 spiro atoms. The van der Waals surface area contributed by atoms with Crippen molar-refractivity contribution >= 4 is 22.8 Å². The summed E-state index contributed by atoms with van der Waals surface area (Å²) in [5.74, 6) is 6.01. The molecule has 0 unspecified atom stereocenters. The van der Waals surface area contributed by atoms with E-state index in [0.717, 1.165) is 17.2 Å². The first-order chi connectivity index (χ1) is 14.5. The number of rotatable bonds is 6. The van der Waals surface area contributed by atoms with Crippen LogP contribution in [0.4, 0.5) is 17.1 Å². The van der Waals surface area contributed by atoms with E-state index < -0.39 is 15.5 Å². The fourth-order valence-corrected chi connectivity index (χ4v) is 2.57. The maximum atomic E-state index is 11.3. The van der Waals surface area contributed by atoms with Gasteiger partial charge in [0.1, 0.15) is 11.4 Å². The Kier molecular flexibility index (Phi) is 6.48. The molecule has 8 heteroatoms. The van der Waals surface area contributed by atoms with Gasteiger partial charge in [0.05, 0.1) is 15.9 Å². The van der Waals surface area contributed by atoms with E-state index in [1.54, 1.807) is 0 Å². The Morgan fingerprint density at radius 2 is 1.57 bits per heavy atom. The van der Waals surface area contributed by atoms with E-state index in [9.17, 15) is 20.2 Å². The molecule has 3 rings (SSSR count). The van der Waals surface area contributed by atoms with Crippen LogP contribution >= 0.6 is 0 Å². The Labute approximate surface area is 172 Å². The Bertz CT molecular complexity index is 1150. The first-order valence-corrected chi connectivity index (χ1v) is 8.89. The molecule has 30 heavy (non-hydrogen) atoms. The standard InChI is InChI=1S/C22H16N4O4/c27-25(28)20-13-14-21(22(16-20)26(29)30)24-23-19(15-18-9-5-2-6-10-18)12-11-17-7-3-1-4-8-17/h1-10,13-14,16,24H,15H2/b23-19-. The largest absolute Gasteiger partial charge is 0.301 e. The molecule has 0 bridgehead atoms. The maximum absolute atomic E-state index is 11.3. The van der Waals surface area contributed by atoms with Crippen molar-refractivity contribution in [2.75, 3.05) is 5.43 Å². The topological polar surface area (TPSA) is 111 Å². The molecule has 0 atom stereocenters. The number of nitrogens with one attached hydrogen (secondary N) is 1. The third-order valence-corrected chi connectivity index (χ3v) is 4.04. The number of benzene rings is 3. The average Bonchev–Trinajstić information content (AvgIpc) is 2.76. The van der Waals surface area contributed by atoms with Gasteiger partial charge in [0.25, 0.3) is 5.69 Å². The first kappa shape index (κ1) is 20.2. The first-order valence-electron chi connectivity index (χ1n) is 8.89. The zero-order valence-electron chi connectivity index (χ0n) is 15.7. The normalized spacial score (nSPS) is 10.6. The van der Waals surface area contributed by atoms with E-state index in [0.29, 0.717) is 12.1 Å². The quantitative estimate of drug-likeness (QED) is 0.282. The van der Waals surface area contributed by atoms with Crippen LogP contribution in [-0.4, -0.2) is 15.6 Å². The summed E-state index contributed by atoms with van der Waals surface area (Å²) in [5, 5.41) is 26.4. The number of nitro benzene ring substituents is 2. The minimum atomic E-state index is -0.697. The lowest BCUT2D eigenvalue weighted by molar-refractivity contribution is -0.393. The van der Waals surface area contributed by atoms with Gasteiger partial charge < -0.3 is 0 Å². The summed E-state index contributed by atoms with van der Waals surface area (Å²) in [4.78, 5) is 20.8. The molecule has 8 nitrogen and oxygen atoms in total. The number of hydrazone groups is 1. The predicted molar refractivity (Wildman–Crippen MR) is 114 cm³/mol. The SMILES string of the molecule is O=[N+]([O-])c1ccc(N/N=C(/C#Cc2ccccc2)Cc2ccccc2)c([N+](=O)[O-])c1. The van der Waals surface area contributed by atoms with Gasteiger partial charge in [-0.1, -0.05) is 54.5 Å². The molecule has 0 fully saturated rings. The lowest BCUT2D eigenvalue weighted by Crippen LogP contribution is -2.05. The second-order valence-electron chi connectivity index (χ2n) is 6.16. The molecule has 0 aliphatic heterocycles. The summed E-state index contributed by atoms with van der Waals surface area (Å²) in [6.45, 7) is 0. The number of hydrogen-bond donors (Lipinski definition) is 1. The second kappa shape index (κ2) is 9.61.